The van der Waals surface area contributed by atoms with Gasteiger partial charge in [-0.05, 0) is 36.2 Å². The summed E-state index contributed by atoms with van der Waals surface area (Å²) in [6, 6.07) is 12.3. The first kappa shape index (κ1) is 19.0. The maximum atomic E-state index is 12.4. The number of esters is 1. The van der Waals surface area contributed by atoms with Crippen LogP contribution in [0.4, 0.5) is 0 Å². The second-order valence-electron chi connectivity index (χ2n) is 6.43. The molecule has 0 aliphatic heterocycles. The van der Waals surface area contributed by atoms with Crippen molar-refractivity contribution in [1.82, 2.24) is 0 Å². The number of ether oxygens (including phenoxy) is 1. The number of para-hydroxylation sites is 1. The monoisotopic (exact) mass is 410 g/mol. The van der Waals surface area contributed by atoms with E-state index in [1.165, 1.54) is 6.07 Å². The Bertz CT molecular complexity index is 1370. The Balaban J connectivity index is 1.66. The third kappa shape index (κ3) is 3.67. The molecule has 4 rings (SSSR count). The van der Waals surface area contributed by atoms with E-state index in [4.69, 9.17) is 25.2 Å². The van der Waals surface area contributed by atoms with Crippen LogP contribution in [0.3, 0.4) is 0 Å². The van der Waals surface area contributed by atoms with Gasteiger partial charge >= 0.3 is 11.6 Å². The van der Waals surface area contributed by atoms with Gasteiger partial charge in [0.2, 0.25) is 5.76 Å². The number of halogens is 1. The van der Waals surface area contributed by atoms with Crippen molar-refractivity contribution in [2.45, 2.75) is 20.0 Å². The molecule has 146 valence electrons. The van der Waals surface area contributed by atoms with Crippen molar-refractivity contribution < 1.29 is 18.4 Å². The molecule has 6 nitrogen and oxygen atoms in total. The van der Waals surface area contributed by atoms with Gasteiger partial charge in [-0.2, -0.15) is 0 Å². The Hall–Kier alpha value is -3.38. The third-order valence-electron chi connectivity index (χ3n) is 4.57. The van der Waals surface area contributed by atoms with Crippen LogP contribution >= 0.6 is 11.6 Å². The Labute approximate surface area is 169 Å². The number of hydrogen-bond donors (Lipinski definition) is 0. The lowest BCUT2D eigenvalue weighted by Crippen LogP contribution is -2.11. The van der Waals surface area contributed by atoms with Crippen molar-refractivity contribution in [2.75, 3.05) is 0 Å². The highest BCUT2D eigenvalue weighted by Crippen LogP contribution is 2.26. The minimum absolute atomic E-state index is 0.209. The summed E-state index contributed by atoms with van der Waals surface area (Å²) in [4.78, 5) is 36.5. The molecule has 0 atom stereocenters. The largest absolute Gasteiger partial charge is 0.455 e. The standard InChI is InChI=1S/C22H15ClO6/c1-2-12-7-19-15(9-16(12)23)13(8-21(25)29-19)11-27-22(26)20-10-17(24)14-5-3-4-6-18(14)28-20/h3-10H,2,11H2,1H3. The Kier molecular flexibility index (Phi) is 4.94. The summed E-state index contributed by atoms with van der Waals surface area (Å²) in [5, 5.41) is 1.47. The highest BCUT2D eigenvalue weighted by atomic mass is 35.5. The molecule has 0 unspecified atom stereocenters. The van der Waals surface area contributed by atoms with Crippen LogP contribution in [0.5, 0.6) is 0 Å². The summed E-state index contributed by atoms with van der Waals surface area (Å²) in [5.74, 6) is -1.03. The van der Waals surface area contributed by atoms with E-state index in [2.05, 4.69) is 0 Å². The van der Waals surface area contributed by atoms with E-state index in [0.717, 1.165) is 11.6 Å². The van der Waals surface area contributed by atoms with Crippen LogP contribution in [0, 0.1) is 0 Å². The van der Waals surface area contributed by atoms with E-state index < -0.39 is 11.6 Å². The molecule has 0 N–H and O–H groups in total. The van der Waals surface area contributed by atoms with E-state index in [1.807, 2.05) is 6.92 Å². The van der Waals surface area contributed by atoms with Crippen molar-refractivity contribution in [2.24, 2.45) is 0 Å². The number of hydrogen-bond acceptors (Lipinski definition) is 6. The normalized spacial score (nSPS) is 11.1. The predicted octanol–water partition coefficient (Wildman–Crippen LogP) is 4.47. The minimum Gasteiger partial charge on any atom is -0.455 e. The van der Waals surface area contributed by atoms with Crippen LogP contribution in [0.25, 0.3) is 21.9 Å². The smallest absolute Gasteiger partial charge is 0.374 e. The van der Waals surface area contributed by atoms with Crippen LogP contribution in [0.15, 0.2) is 67.0 Å². The molecule has 0 aliphatic rings. The van der Waals surface area contributed by atoms with E-state index >= 15 is 0 Å². The van der Waals surface area contributed by atoms with Crippen LogP contribution in [-0.2, 0) is 17.8 Å². The molecule has 0 bridgehead atoms. The molecule has 0 fully saturated rings. The van der Waals surface area contributed by atoms with Gasteiger partial charge in [0.05, 0.1) is 5.39 Å². The summed E-state index contributed by atoms with van der Waals surface area (Å²) in [6.07, 6.45) is 0.679. The van der Waals surface area contributed by atoms with Crippen molar-refractivity contribution >= 4 is 39.5 Å². The van der Waals surface area contributed by atoms with Gasteiger partial charge in [-0.25, -0.2) is 9.59 Å². The number of rotatable bonds is 4. The molecule has 4 aromatic rings. The molecule has 0 amide bonds. The molecule has 0 saturated heterocycles. The minimum atomic E-state index is -0.814. The molecular formula is C22H15ClO6. The molecule has 29 heavy (non-hydrogen) atoms. The lowest BCUT2D eigenvalue weighted by molar-refractivity contribution is 0.0438. The summed E-state index contributed by atoms with van der Waals surface area (Å²) >= 11 is 6.27. The molecule has 2 aromatic heterocycles. The first-order chi connectivity index (χ1) is 14.0. The van der Waals surface area contributed by atoms with Crippen LogP contribution in [-0.4, -0.2) is 5.97 Å². The molecule has 0 saturated carbocycles. The van der Waals surface area contributed by atoms with Crippen LogP contribution in [0.2, 0.25) is 5.02 Å². The predicted molar refractivity (Wildman–Crippen MR) is 108 cm³/mol. The van der Waals surface area contributed by atoms with Gasteiger partial charge in [0.15, 0.2) is 5.43 Å². The van der Waals surface area contributed by atoms with Crippen LogP contribution < -0.4 is 11.1 Å². The summed E-state index contributed by atoms with van der Waals surface area (Å²) in [5.41, 5.74) is 1.03. The first-order valence-corrected chi connectivity index (χ1v) is 9.29. The lowest BCUT2D eigenvalue weighted by atomic mass is 10.1. The van der Waals surface area contributed by atoms with Crippen molar-refractivity contribution in [3.05, 3.63) is 91.1 Å². The number of carbonyl (C=O) groups excluding carboxylic acids is 1. The van der Waals surface area contributed by atoms with Gasteiger partial charge < -0.3 is 13.6 Å². The summed E-state index contributed by atoms with van der Waals surface area (Å²) in [7, 11) is 0. The maximum Gasteiger partial charge on any atom is 0.374 e. The zero-order valence-corrected chi connectivity index (χ0v) is 16.1. The molecule has 0 spiro atoms. The number of carbonyl (C=O) groups is 1. The highest BCUT2D eigenvalue weighted by molar-refractivity contribution is 6.32. The van der Waals surface area contributed by atoms with Gasteiger partial charge in [0, 0.05) is 28.1 Å². The molecule has 7 heteroatoms. The van der Waals surface area contributed by atoms with Crippen molar-refractivity contribution in [3.63, 3.8) is 0 Å². The molecular weight excluding hydrogens is 396 g/mol. The number of aryl methyl sites for hydroxylation is 1. The van der Waals surface area contributed by atoms with E-state index in [0.29, 0.717) is 33.4 Å². The third-order valence-corrected chi connectivity index (χ3v) is 4.92. The Morgan fingerprint density at radius 3 is 2.55 bits per heavy atom. The van der Waals surface area contributed by atoms with Crippen LogP contribution in [0.1, 0.15) is 28.6 Å². The first-order valence-electron chi connectivity index (χ1n) is 8.91. The van der Waals surface area contributed by atoms with E-state index in [-0.39, 0.29) is 23.4 Å². The highest BCUT2D eigenvalue weighted by Gasteiger charge is 2.16. The maximum absolute atomic E-state index is 12.4. The van der Waals surface area contributed by atoms with E-state index in [9.17, 15) is 14.4 Å². The number of fused-ring (bicyclic) bond motifs is 2. The SMILES string of the molecule is CCc1cc2oc(=O)cc(COC(=O)c3cc(=O)c4ccccc4o3)c2cc1Cl. The second kappa shape index (κ2) is 7.56. The quantitative estimate of drug-likeness (QED) is 0.364. The van der Waals surface area contributed by atoms with Gasteiger partial charge in [-0.3, -0.25) is 4.79 Å². The van der Waals surface area contributed by atoms with Crippen molar-refractivity contribution in [1.29, 1.82) is 0 Å². The van der Waals surface area contributed by atoms with Gasteiger partial charge in [0.1, 0.15) is 17.8 Å². The fourth-order valence-corrected chi connectivity index (χ4v) is 3.40. The topological polar surface area (TPSA) is 86.7 Å². The fraction of sp³-hybridized carbons (Fsp3) is 0.136. The van der Waals surface area contributed by atoms with Gasteiger partial charge in [-0.15, -0.1) is 0 Å². The van der Waals surface area contributed by atoms with E-state index in [1.54, 1.807) is 36.4 Å². The molecule has 2 heterocycles. The molecule has 0 radical (unpaired) electrons. The van der Waals surface area contributed by atoms with Gasteiger partial charge in [0.25, 0.3) is 0 Å². The second-order valence-corrected chi connectivity index (χ2v) is 6.84. The fourth-order valence-electron chi connectivity index (χ4n) is 3.10. The number of benzene rings is 2. The summed E-state index contributed by atoms with van der Waals surface area (Å²) < 4.78 is 16.0. The summed E-state index contributed by atoms with van der Waals surface area (Å²) in [6.45, 7) is 1.73. The average molecular weight is 411 g/mol. The van der Waals surface area contributed by atoms with Gasteiger partial charge in [-0.1, -0.05) is 30.7 Å². The Morgan fingerprint density at radius 2 is 1.76 bits per heavy atom. The zero-order valence-electron chi connectivity index (χ0n) is 15.4. The Morgan fingerprint density at radius 1 is 0.966 bits per heavy atom. The lowest BCUT2D eigenvalue weighted by Gasteiger charge is -2.09. The van der Waals surface area contributed by atoms with Crippen molar-refractivity contribution in [3.8, 4) is 0 Å². The average Bonchev–Trinajstić information content (AvgIpc) is 2.71. The zero-order chi connectivity index (χ0) is 20.5. The molecule has 2 aromatic carbocycles. The molecule has 0 aliphatic carbocycles.